The molecule has 2 aliphatic carbocycles. The first-order valence-electron chi connectivity index (χ1n) is 7.22. The first-order valence-corrected chi connectivity index (χ1v) is 7.22. The molecule has 0 aromatic rings. The lowest BCUT2D eigenvalue weighted by Gasteiger charge is -2.34. The Morgan fingerprint density at radius 1 is 1.18 bits per heavy atom. The zero-order chi connectivity index (χ0) is 12.3. The van der Waals surface area contributed by atoms with Gasteiger partial charge < -0.3 is 11.1 Å². The lowest BCUT2D eigenvalue weighted by molar-refractivity contribution is -0.128. The Morgan fingerprint density at radius 3 is 2.35 bits per heavy atom. The van der Waals surface area contributed by atoms with Crippen molar-refractivity contribution in [1.29, 1.82) is 0 Å². The monoisotopic (exact) mass is 238 g/mol. The minimum atomic E-state index is -0.578. The standard InChI is InChI=1S/C14H26N2O/c1-11(12-7-3-4-8-12)16-13(17)14(15)9-5-2-6-10-14/h11-12H,2-10,15H2,1H3,(H,16,17)/t11-/m1/s1. The molecule has 3 N–H and O–H groups in total. The Labute approximate surface area is 105 Å². The van der Waals surface area contributed by atoms with Gasteiger partial charge in [0.15, 0.2) is 0 Å². The number of carbonyl (C=O) groups excluding carboxylic acids is 1. The zero-order valence-corrected chi connectivity index (χ0v) is 11.0. The van der Waals surface area contributed by atoms with Crippen molar-refractivity contribution in [2.45, 2.75) is 76.3 Å². The molecule has 0 spiro atoms. The fourth-order valence-electron chi connectivity index (χ4n) is 3.34. The highest BCUT2D eigenvalue weighted by Crippen LogP contribution is 2.29. The predicted octanol–water partition coefficient (Wildman–Crippen LogP) is 2.34. The molecule has 17 heavy (non-hydrogen) atoms. The zero-order valence-electron chi connectivity index (χ0n) is 11.0. The number of nitrogens with two attached hydrogens (primary N) is 1. The summed E-state index contributed by atoms with van der Waals surface area (Å²) in [5.41, 5.74) is 5.66. The van der Waals surface area contributed by atoms with Crippen molar-refractivity contribution in [2.75, 3.05) is 0 Å². The Morgan fingerprint density at radius 2 is 1.76 bits per heavy atom. The summed E-state index contributed by atoms with van der Waals surface area (Å²) in [5, 5.41) is 3.17. The molecule has 2 aliphatic rings. The third-order valence-electron chi connectivity index (χ3n) is 4.66. The van der Waals surface area contributed by atoms with E-state index in [0.717, 1.165) is 25.7 Å². The van der Waals surface area contributed by atoms with Gasteiger partial charge in [-0.15, -0.1) is 0 Å². The number of rotatable bonds is 3. The second kappa shape index (κ2) is 5.38. The third-order valence-corrected chi connectivity index (χ3v) is 4.66. The van der Waals surface area contributed by atoms with E-state index in [1.54, 1.807) is 0 Å². The molecule has 1 amide bonds. The highest BCUT2D eigenvalue weighted by atomic mass is 16.2. The van der Waals surface area contributed by atoms with Gasteiger partial charge in [0.25, 0.3) is 0 Å². The fourth-order valence-corrected chi connectivity index (χ4v) is 3.34. The van der Waals surface area contributed by atoms with Gasteiger partial charge in [0, 0.05) is 6.04 Å². The molecule has 3 heteroatoms. The molecule has 0 bridgehead atoms. The summed E-state index contributed by atoms with van der Waals surface area (Å²) < 4.78 is 0. The van der Waals surface area contributed by atoms with Crippen LogP contribution in [0.2, 0.25) is 0 Å². The lowest BCUT2D eigenvalue weighted by atomic mass is 9.81. The van der Waals surface area contributed by atoms with Crippen LogP contribution in [0.15, 0.2) is 0 Å². The van der Waals surface area contributed by atoms with Crippen LogP contribution in [-0.4, -0.2) is 17.5 Å². The average Bonchev–Trinajstić information content (AvgIpc) is 2.83. The highest BCUT2D eigenvalue weighted by molar-refractivity contribution is 5.86. The van der Waals surface area contributed by atoms with E-state index in [-0.39, 0.29) is 5.91 Å². The van der Waals surface area contributed by atoms with Crippen LogP contribution < -0.4 is 11.1 Å². The van der Waals surface area contributed by atoms with E-state index in [0.29, 0.717) is 12.0 Å². The minimum Gasteiger partial charge on any atom is -0.352 e. The summed E-state index contributed by atoms with van der Waals surface area (Å²) >= 11 is 0. The summed E-state index contributed by atoms with van der Waals surface area (Å²) in [4.78, 5) is 12.3. The smallest absolute Gasteiger partial charge is 0.240 e. The summed E-state index contributed by atoms with van der Waals surface area (Å²) in [6.45, 7) is 2.14. The summed E-state index contributed by atoms with van der Waals surface area (Å²) in [6, 6.07) is 0.298. The van der Waals surface area contributed by atoms with Crippen LogP contribution in [0.1, 0.15) is 64.7 Å². The van der Waals surface area contributed by atoms with Crippen molar-refractivity contribution in [1.82, 2.24) is 5.32 Å². The maximum Gasteiger partial charge on any atom is 0.240 e. The van der Waals surface area contributed by atoms with Crippen molar-refractivity contribution < 1.29 is 4.79 Å². The molecule has 0 heterocycles. The van der Waals surface area contributed by atoms with Gasteiger partial charge in [-0.1, -0.05) is 32.1 Å². The molecule has 98 valence electrons. The minimum absolute atomic E-state index is 0.0941. The molecule has 2 fully saturated rings. The van der Waals surface area contributed by atoms with E-state index in [1.165, 1.54) is 32.1 Å². The molecule has 0 radical (unpaired) electrons. The molecule has 0 saturated heterocycles. The van der Waals surface area contributed by atoms with E-state index in [1.807, 2.05) is 0 Å². The Kier molecular flexibility index (Phi) is 4.08. The largest absolute Gasteiger partial charge is 0.352 e. The van der Waals surface area contributed by atoms with Crippen molar-refractivity contribution >= 4 is 5.91 Å². The first-order chi connectivity index (χ1) is 8.12. The number of amides is 1. The molecular weight excluding hydrogens is 212 g/mol. The van der Waals surface area contributed by atoms with Crippen LogP contribution in [0.4, 0.5) is 0 Å². The quantitative estimate of drug-likeness (QED) is 0.793. The van der Waals surface area contributed by atoms with E-state index in [2.05, 4.69) is 12.2 Å². The van der Waals surface area contributed by atoms with E-state index < -0.39 is 5.54 Å². The molecule has 0 aliphatic heterocycles. The maximum atomic E-state index is 12.3. The molecule has 2 saturated carbocycles. The summed E-state index contributed by atoms with van der Waals surface area (Å²) in [5.74, 6) is 0.766. The average molecular weight is 238 g/mol. The Balaban J connectivity index is 1.86. The number of carbonyl (C=O) groups is 1. The van der Waals surface area contributed by atoms with Crippen LogP contribution in [0.3, 0.4) is 0 Å². The predicted molar refractivity (Wildman–Crippen MR) is 69.6 cm³/mol. The first kappa shape index (κ1) is 12.9. The molecular formula is C14H26N2O. The van der Waals surface area contributed by atoms with Crippen molar-refractivity contribution in [3.05, 3.63) is 0 Å². The Hall–Kier alpha value is -0.570. The molecule has 0 aromatic heterocycles. The van der Waals surface area contributed by atoms with Crippen LogP contribution in [0.25, 0.3) is 0 Å². The number of nitrogens with one attached hydrogen (secondary N) is 1. The van der Waals surface area contributed by atoms with Crippen LogP contribution in [-0.2, 0) is 4.79 Å². The topological polar surface area (TPSA) is 55.1 Å². The van der Waals surface area contributed by atoms with Gasteiger partial charge in [0.05, 0.1) is 5.54 Å². The van der Waals surface area contributed by atoms with Gasteiger partial charge in [0.2, 0.25) is 5.91 Å². The molecule has 0 aromatic carbocycles. The van der Waals surface area contributed by atoms with Crippen molar-refractivity contribution in [3.63, 3.8) is 0 Å². The van der Waals surface area contributed by atoms with Gasteiger partial charge in [-0.25, -0.2) is 0 Å². The lowest BCUT2D eigenvalue weighted by Crippen LogP contribution is -2.57. The molecule has 2 rings (SSSR count). The summed E-state index contributed by atoms with van der Waals surface area (Å²) in [7, 11) is 0. The van der Waals surface area contributed by atoms with Crippen LogP contribution >= 0.6 is 0 Å². The van der Waals surface area contributed by atoms with Gasteiger partial charge in [-0.3, -0.25) is 4.79 Å². The molecule has 3 nitrogen and oxygen atoms in total. The van der Waals surface area contributed by atoms with Crippen LogP contribution in [0.5, 0.6) is 0 Å². The second-order valence-electron chi connectivity index (χ2n) is 6.02. The van der Waals surface area contributed by atoms with Gasteiger partial charge in [-0.05, 0) is 38.5 Å². The number of hydrogen-bond donors (Lipinski definition) is 2. The summed E-state index contributed by atoms with van der Waals surface area (Å²) in [6.07, 6.45) is 10.3. The van der Waals surface area contributed by atoms with E-state index in [9.17, 15) is 4.79 Å². The second-order valence-corrected chi connectivity index (χ2v) is 6.02. The van der Waals surface area contributed by atoms with E-state index in [4.69, 9.17) is 5.73 Å². The van der Waals surface area contributed by atoms with Gasteiger partial charge in [-0.2, -0.15) is 0 Å². The van der Waals surface area contributed by atoms with Crippen LogP contribution in [0, 0.1) is 5.92 Å². The van der Waals surface area contributed by atoms with Gasteiger partial charge >= 0.3 is 0 Å². The normalized spacial score (nSPS) is 26.7. The van der Waals surface area contributed by atoms with Gasteiger partial charge in [0.1, 0.15) is 0 Å². The highest BCUT2D eigenvalue weighted by Gasteiger charge is 2.36. The molecule has 1 atom stereocenters. The Bertz CT molecular complexity index is 265. The van der Waals surface area contributed by atoms with Crippen molar-refractivity contribution in [2.24, 2.45) is 11.7 Å². The third kappa shape index (κ3) is 3.01. The van der Waals surface area contributed by atoms with E-state index >= 15 is 0 Å². The SMILES string of the molecule is C[C@@H](NC(=O)C1(N)CCCCC1)C1CCCC1. The maximum absolute atomic E-state index is 12.3. The fraction of sp³-hybridized carbons (Fsp3) is 0.929. The molecule has 0 unspecified atom stereocenters. The van der Waals surface area contributed by atoms with Crippen molar-refractivity contribution in [3.8, 4) is 0 Å². The number of hydrogen-bond acceptors (Lipinski definition) is 2.